The van der Waals surface area contributed by atoms with Crippen LogP contribution in [0.15, 0.2) is 132 Å². The number of hydrogen-bond donors (Lipinski definition) is 0. The maximum Gasteiger partial charge on any atom is -0.0771 e. The molecule has 5 aromatic rings. The van der Waals surface area contributed by atoms with Gasteiger partial charge >= 0.3 is 99.2 Å². The largest absolute Gasteiger partial charge is 0.126 e. The first-order valence-corrected chi connectivity index (χ1v) is 12.8. The molecular formula is C33H28Cl2Zr-2. The zero-order valence-electron chi connectivity index (χ0n) is 20.5. The van der Waals surface area contributed by atoms with Gasteiger partial charge in [0, 0.05) is 0 Å². The van der Waals surface area contributed by atoms with Crippen LogP contribution in [-0.2, 0) is 24.2 Å². The minimum absolute atomic E-state index is 0. The summed E-state index contributed by atoms with van der Waals surface area (Å²) < 4.78 is 1.42. The molecule has 0 radical (unpaired) electrons. The zero-order chi connectivity index (χ0) is 23.8. The molecule has 0 unspecified atom stereocenters. The number of hydrogen-bond acceptors (Lipinski definition) is 0. The van der Waals surface area contributed by atoms with E-state index in [1.807, 2.05) is 0 Å². The molecule has 0 aromatic heterocycles. The second-order valence-corrected chi connectivity index (χ2v) is 9.64. The molecule has 180 valence electrons. The first kappa shape index (κ1) is 29.8. The molecule has 1 aliphatic carbocycles. The Morgan fingerprint density at radius 3 is 1.42 bits per heavy atom. The van der Waals surface area contributed by atoms with Gasteiger partial charge in [0.25, 0.3) is 0 Å². The molecule has 0 nitrogen and oxygen atoms in total. The predicted octanol–water partition coefficient (Wildman–Crippen LogP) is 2.61. The number of rotatable bonds is 2. The minimum atomic E-state index is 0. The van der Waals surface area contributed by atoms with Gasteiger partial charge in [0.05, 0.1) is 0 Å². The first-order valence-electron chi connectivity index (χ1n) is 11.6. The van der Waals surface area contributed by atoms with Gasteiger partial charge in [-0.15, -0.1) is 53.1 Å². The van der Waals surface area contributed by atoms with E-state index in [1.165, 1.54) is 71.3 Å². The zero-order valence-corrected chi connectivity index (χ0v) is 24.5. The average molecular weight is 587 g/mol. The van der Waals surface area contributed by atoms with Crippen LogP contribution in [0.4, 0.5) is 0 Å². The molecule has 0 heterocycles. The van der Waals surface area contributed by atoms with Crippen LogP contribution >= 0.6 is 0 Å². The molecular weight excluding hydrogens is 558 g/mol. The summed E-state index contributed by atoms with van der Waals surface area (Å²) in [5, 5.41) is 5.39. The molecule has 0 fully saturated rings. The van der Waals surface area contributed by atoms with E-state index in [1.54, 1.807) is 0 Å². The monoisotopic (exact) mass is 584 g/mol. The maximum absolute atomic E-state index is 3.12. The molecule has 0 saturated heterocycles. The second-order valence-electron chi connectivity index (χ2n) is 8.41. The Hall–Kier alpha value is -2.44. The van der Waals surface area contributed by atoms with Gasteiger partial charge in [-0.05, 0) is 0 Å². The number of halogens is 2. The molecule has 0 amide bonds. The first-order chi connectivity index (χ1) is 16.6. The standard InChI is InChI=1S/C13H9.C13H10.C7H9.2ClH.Zr/c1-3-7-12-10(5-1)9-11-6-2-4-8-13(11)12;1-3-7-12(8-4-1)11-13-9-5-2-6-10-13;1-6-4-3-5-7(6)2;;;/h1-9H;1-10H;4H,5H2,1-2H3;2*1H;/q-1;;-1;;;+2/p-2. The third-order valence-electron chi connectivity index (χ3n) is 6.01. The van der Waals surface area contributed by atoms with Gasteiger partial charge in [-0.3, -0.25) is 6.08 Å². The number of allylic oxidation sites excluding steroid dienone is 4. The topological polar surface area (TPSA) is 0 Å². The van der Waals surface area contributed by atoms with Crippen molar-refractivity contribution in [1.29, 1.82) is 0 Å². The maximum atomic E-state index is 3.12. The predicted molar refractivity (Wildman–Crippen MR) is 144 cm³/mol. The van der Waals surface area contributed by atoms with Gasteiger partial charge in [-0.2, -0.15) is 5.57 Å². The van der Waals surface area contributed by atoms with E-state index in [4.69, 9.17) is 0 Å². The fourth-order valence-corrected chi connectivity index (χ4v) is 4.72. The Morgan fingerprint density at radius 1 is 0.639 bits per heavy atom. The van der Waals surface area contributed by atoms with Gasteiger partial charge < -0.3 is 24.8 Å². The SMILES string of the molecule is CC1=C(C)C[C-]=C1.[Cl-].[Cl-].[Zr+2]=[C](c1ccccc1)c1ccccc1.c1ccc2c(c1)[cH-]c1ccccc12. The fraction of sp³-hybridized carbons (Fsp3) is 0.0909. The van der Waals surface area contributed by atoms with Crippen LogP contribution in [0, 0.1) is 6.08 Å². The van der Waals surface area contributed by atoms with E-state index in [9.17, 15) is 0 Å². The minimum Gasteiger partial charge on any atom is -0.126 e. The smallest absolute Gasteiger partial charge is 0.0771 e. The summed E-state index contributed by atoms with van der Waals surface area (Å²) in [6, 6.07) is 40.4. The average Bonchev–Trinajstić information content (AvgIpc) is 3.47. The van der Waals surface area contributed by atoms with Crippen LogP contribution < -0.4 is 24.8 Å². The Balaban J connectivity index is 0.000000194. The van der Waals surface area contributed by atoms with E-state index in [-0.39, 0.29) is 24.8 Å². The van der Waals surface area contributed by atoms with Crippen molar-refractivity contribution >= 4 is 24.8 Å². The Morgan fingerprint density at radius 2 is 1.06 bits per heavy atom. The molecule has 1 aliphatic rings. The summed E-state index contributed by atoms with van der Waals surface area (Å²) in [5.41, 5.74) is 5.51. The van der Waals surface area contributed by atoms with Gasteiger partial charge in [0.1, 0.15) is 0 Å². The summed E-state index contributed by atoms with van der Waals surface area (Å²) in [6.45, 7) is 4.27. The van der Waals surface area contributed by atoms with Crippen LogP contribution in [0.25, 0.3) is 21.5 Å². The third kappa shape index (κ3) is 7.78. The van der Waals surface area contributed by atoms with Crippen molar-refractivity contribution in [3.05, 3.63) is 150 Å². The summed E-state index contributed by atoms with van der Waals surface area (Å²) in [6.07, 6.45) is 6.22. The van der Waals surface area contributed by atoms with E-state index in [0.717, 1.165) is 6.42 Å². The van der Waals surface area contributed by atoms with Gasteiger partial charge in [0.15, 0.2) is 0 Å². The van der Waals surface area contributed by atoms with Crippen molar-refractivity contribution in [1.82, 2.24) is 0 Å². The van der Waals surface area contributed by atoms with Gasteiger partial charge in [-0.25, -0.2) is 11.6 Å². The molecule has 3 heteroatoms. The summed E-state index contributed by atoms with van der Waals surface area (Å²) in [7, 11) is 0. The third-order valence-corrected chi connectivity index (χ3v) is 7.43. The molecule has 36 heavy (non-hydrogen) atoms. The van der Waals surface area contributed by atoms with Crippen molar-refractivity contribution in [2.45, 2.75) is 20.3 Å². The van der Waals surface area contributed by atoms with E-state index < -0.39 is 0 Å². The normalized spacial score (nSPS) is 11.6. The second kappa shape index (κ2) is 15.0. The van der Waals surface area contributed by atoms with E-state index in [2.05, 4.69) is 141 Å². The Bertz CT molecular complexity index is 1350. The quantitative estimate of drug-likeness (QED) is 0.279. The number of fused-ring (bicyclic) bond motifs is 3. The molecule has 0 saturated carbocycles. The van der Waals surface area contributed by atoms with Crippen LogP contribution in [0.3, 0.4) is 0 Å². The van der Waals surface area contributed by atoms with Crippen molar-refractivity contribution in [3.63, 3.8) is 0 Å². The van der Waals surface area contributed by atoms with Crippen LogP contribution in [0.5, 0.6) is 0 Å². The van der Waals surface area contributed by atoms with Crippen LogP contribution in [0.2, 0.25) is 0 Å². The van der Waals surface area contributed by atoms with Gasteiger partial charge in [0.2, 0.25) is 0 Å². The van der Waals surface area contributed by atoms with Crippen molar-refractivity contribution in [2.24, 2.45) is 0 Å². The summed E-state index contributed by atoms with van der Waals surface area (Å²) in [4.78, 5) is 0. The summed E-state index contributed by atoms with van der Waals surface area (Å²) in [5.74, 6) is 0. The van der Waals surface area contributed by atoms with Gasteiger partial charge in [-0.1, -0.05) is 43.3 Å². The molecule has 0 aliphatic heterocycles. The fourth-order valence-electron chi connectivity index (χ4n) is 3.90. The molecule has 5 aromatic carbocycles. The molecule has 0 bridgehead atoms. The number of benzene rings is 4. The van der Waals surface area contributed by atoms with E-state index >= 15 is 0 Å². The van der Waals surface area contributed by atoms with Crippen LogP contribution in [0.1, 0.15) is 31.4 Å². The Kier molecular flexibility index (Phi) is 12.4. The molecule has 0 spiro atoms. The molecule has 6 rings (SSSR count). The van der Waals surface area contributed by atoms with Crippen LogP contribution in [-0.4, -0.2) is 3.21 Å². The van der Waals surface area contributed by atoms with Crippen molar-refractivity contribution in [2.75, 3.05) is 0 Å². The molecule has 0 atom stereocenters. The summed E-state index contributed by atoms with van der Waals surface area (Å²) >= 11 is 1.46. The van der Waals surface area contributed by atoms with E-state index in [0.29, 0.717) is 0 Å². The van der Waals surface area contributed by atoms with Crippen molar-refractivity contribution in [3.8, 4) is 0 Å². The van der Waals surface area contributed by atoms with Crippen molar-refractivity contribution < 1.29 is 49.0 Å². The Labute approximate surface area is 242 Å². The molecule has 0 N–H and O–H groups in total.